The lowest BCUT2D eigenvalue weighted by Gasteiger charge is -2.33. The van der Waals surface area contributed by atoms with Crippen molar-refractivity contribution in [3.05, 3.63) is 53.6 Å². The third-order valence-corrected chi connectivity index (χ3v) is 5.65. The van der Waals surface area contributed by atoms with Gasteiger partial charge in [-0.2, -0.15) is 0 Å². The summed E-state index contributed by atoms with van der Waals surface area (Å²) in [6.45, 7) is 3.70. The molecule has 1 aromatic heterocycles. The second-order valence-electron chi connectivity index (χ2n) is 7.90. The fourth-order valence-electron chi connectivity index (χ4n) is 4.09. The number of benzene rings is 1. The summed E-state index contributed by atoms with van der Waals surface area (Å²) in [6.07, 6.45) is 6.74. The fourth-order valence-corrected chi connectivity index (χ4v) is 4.09. The number of carbonyl (C=O) groups is 2. The largest absolute Gasteiger partial charge is 0.476 e. The van der Waals surface area contributed by atoms with Gasteiger partial charge < -0.3 is 9.64 Å². The SMILES string of the molecule is CC(=O)N1CC(C(=O)n2ccc(C)cc2=NC2CCCCC2)Oc2ccccc21. The highest BCUT2D eigenvalue weighted by Gasteiger charge is 2.33. The molecule has 1 aliphatic heterocycles. The zero-order chi connectivity index (χ0) is 20.4. The molecule has 4 rings (SSSR count). The van der Waals surface area contributed by atoms with Crippen molar-refractivity contribution in [3.8, 4) is 5.75 Å². The predicted molar refractivity (Wildman–Crippen MR) is 111 cm³/mol. The maximum atomic E-state index is 13.4. The number of anilines is 1. The fraction of sp³-hybridized carbons (Fsp3) is 0.435. The van der Waals surface area contributed by atoms with E-state index < -0.39 is 6.10 Å². The molecule has 1 fully saturated rings. The molecule has 0 N–H and O–H groups in total. The molecule has 152 valence electrons. The third kappa shape index (κ3) is 4.11. The number of para-hydroxylation sites is 2. The molecule has 0 bridgehead atoms. The Labute approximate surface area is 170 Å². The van der Waals surface area contributed by atoms with Crippen molar-refractivity contribution in [3.63, 3.8) is 0 Å². The lowest BCUT2D eigenvalue weighted by molar-refractivity contribution is -0.116. The van der Waals surface area contributed by atoms with Crippen LogP contribution in [0.1, 0.15) is 49.4 Å². The van der Waals surface area contributed by atoms with Crippen LogP contribution in [0.5, 0.6) is 5.75 Å². The predicted octanol–water partition coefficient (Wildman–Crippen LogP) is 3.48. The first-order valence-electron chi connectivity index (χ1n) is 10.3. The van der Waals surface area contributed by atoms with Gasteiger partial charge in [-0.15, -0.1) is 0 Å². The van der Waals surface area contributed by atoms with Crippen LogP contribution in [0, 0.1) is 6.92 Å². The average molecular weight is 393 g/mol. The molecule has 2 heterocycles. The molecule has 2 aliphatic rings. The number of amides is 1. The van der Waals surface area contributed by atoms with Gasteiger partial charge in [0.2, 0.25) is 5.91 Å². The Morgan fingerprint density at radius 1 is 1.10 bits per heavy atom. The van der Waals surface area contributed by atoms with E-state index >= 15 is 0 Å². The molecule has 0 saturated heterocycles. The van der Waals surface area contributed by atoms with Crippen LogP contribution >= 0.6 is 0 Å². The van der Waals surface area contributed by atoms with Gasteiger partial charge in [-0.1, -0.05) is 31.4 Å². The molecule has 1 aliphatic carbocycles. The normalized spacial score (nSPS) is 20.1. The zero-order valence-corrected chi connectivity index (χ0v) is 17.0. The van der Waals surface area contributed by atoms with Gasteiger partial charge in [-0.25, -0.2) is 0 Å². The molecule has 0 spiro atoms. The Balaban J connectivity index is 1.68. The lowest BCUT2D eigenvalue weighted by Crippen LogP contribution is -2.49. The first kappa shape index (κ1) is 19.4. The molecule has 1 unspecified atom stereocenters. The Morgan fingerprint density at radius 2 is 1.86 bits per heavy atom. The third-order valence-electron chi connectivity index (χ3n) is 5.65. The van der Waals surface area contributed by atoms with Crippen LogP contribution in [0.2, 0.25) is 0 Å². The van der Waals surface area contributed by atoms with Gasteiger partial charge in [-0.3, -0.25) is 19.1 Å². The molecule has 1 atom stereocenters. The molecule has 6 heteroatoms. The number of fused-ring (bicyclic) bond motifs is 1. The van der Waals surface area contributed by atoms with Crippen molar-refractivity contribution in [2.24, 2.45) is 4.99 Å². The quantitative estimate of drug-likeness (QED) is 0.785. The van der Waals surface area contributed by atoms with E-state index in [0.717, 1.165) is 18.4 Å². The van der Waals surface area contributed by atoms with E-state index in [2.05, 4.69) is 0 Å². The smallest absolute Gasteiger partial charge is 0.275 e. The zero-order valence-electron chi connectivity index (χ0n) is 17.0. The highest BCUT2D eigenvalue weighted by Crippen LogP contribution is 2.33. The number of aromatic nitrogens is 1. The number of hydrogen-bond acceptors (Lipinski definition) is 4. The van der Waals surface area contributed by atoms with E-state index in [1.807, 2.05) is 37.3 Å². The summed E-state index contributed by atoms with van der Waals surface area (Å²) in [5.74, 6) is 0.227. The Kier molecular flexibility index (Phi) is 5.51. The maximum Gasteiger partial charge on any atom is 0.275 e. The van der Waals surface area contributed by atoms with Crippen LogP contribution in [0.15, 0.2) is 47.6 Å². The molecular weight excluding hydrogens is 366 g/mol. The van der Waals surface area contributed by atoms with Crippen molar-refractivity contribution in [2.45, 2.75) is 58.1 Å². The molecule has 1 amide bonds. The van der Waals surface area contributed by atoms with Gasteiger partial charge in [0.05, 0.1) is 18.3 Å². The van der Waals surface area contributed by atoms with Gasteiger partial charge in [0.1, 0.15) is 11.2 Å². The number of nitrogens with zero attached hydrogens (tertiary/aromatic N) is 3. The Bertz CT molecular complexity index is 989. The molecule has 2 aromatic rings. The molecule has 6 nitrogen and oxygen atoms in total. The summed E-state index contributed by atoms with van der Waals surface area (Å²) in [6, 6.07) is 11.4. The van der Waals surface area contributed by atoms with Crippen molar-refractivity contribution >= 4 is 17.5 Å². The number of ether oxygens (including phenoxy) is 1. The summed E-state index contributed by atoms with van der Waals surface area (Å²) in [7, 11) is 0. The van der Waals surface area contributed by atoms with E-state index in [1.165, 1.54) is 26.2 Å². The number of carbonyl (C=O) groups excluding carboxylic acids is 2. The minimum absolute atomic E-state index is 0.112. The highest BCUT2D eigenvalue weighted by atomic mass is 16.5. The van der Waals surface area contributed by atoms with Crippen molar-refractivity contribution in [1.82, 2.24) is 4.57 Å². The number of pyridine rings is 1. The van der Waals surface area contributed by atoms with Gasteiger partial charge in [0.25, 0.3) is 5.91 Å². The van der Waals surface area contributed by atoms with Crippen molar-refractivity contribution in [1.29, 1.82) is 0 Å². The molecule has 0 radical (unpaired) electrons. The van der Waals surface area contributed by atoms with E-state index in [4.69, 9.17) is 9.73 Å². The van der Waals surface area contributed by atoms with E-state index in [1.54, 1.807) is 21.7 Å². The molecular formula is C23H27N3O3. The van der Waals surface area contributed by atoms with Crippen LogP contribution in [-0.4, -0.2) is 35.1 Å². The first-order valence-corrected chi connectivity index (χ1v) is 10.3. The van der Waals surface area contributed by atoms with E-state index in [-0.39, 0.29) is 24.4 Å². The van der Waals surface area contributed by atoms with E-state index in [9.17, 15) is 9.59 Å². The summed E-state index contributed by atoms with van der Waals surface area (Å²) < 4.78 is 7.58. The molecule has 1 aromatic carbocycles. The highest BCUT2D eigenvalue weighted by molar-refractivity contribution is 5.96. The molecule has 29 heavy (non-hydrogen) atoms. The van der Waals surface area contributed by atoms with Crippen LogP contribution < -0.4 is 15.1 Å². The Hall–Kier alpha value is -2.89. The number of hydrogen-bond donors (Lipinski definition) is 0. The maximum absolute atomic E-state index is 13.4. The number of aryl methyl sites for hydroxylation is 1. The van der Waals surface area contributed by atoms with E-state index in [0.29, 0.717) is 16.9 Å². The second kappa shape index (κ2) is 8.23. The first-order chi connectivity index (χ1) is 14.0. The van der Waals surface area contributed by atoms with Crippen LogP contribution in [0.3, 0.4) is 0 Å². The van der Waals surface area contributed by atoms with Gasteiger partial charge in [-0.05, 0) is 49.6 Å². The summed E-state index contributed by atoms with van der Waals surface area (Å²) >= 11 is 0. The summed E-state index contributed by atoms with van der Waals surface area (Å²) in [5, 5.41) is 0. The summed E-state index contributed by atoms with van der Waals surface area (Å²) in [4.78, 5) is 32.1. The number of rotatable bonds is 2. The van der Waals surface area contributed by atoms with Gasteiger partial charge in [0.15, 0.2) is 6.10 Å². The van der Waals surface area contributed by atoms with Crippen molar-refractivity contribution < 1.29 is 14.3 Å². The average Bonchev–Trinajstić information content (AvgIpc) is 2.73. The van der Waals surface area contributed by atoms with Crippen LogP contribution in [-0.2, 0) is 4.79 Å². The monoisotopic (exact) mass is 393 g/mol. The van der Waals surface area contributed by atoms with Gasteiger partial charge in [0, 0.05) is 13.1 Å². The van der Waals surface area contributed by atoms with Gasteiger partial charge >= 0.3 is 0 Å². The Morgan fingerprint density at radius 3 is 2.62 bits per heavy atom. The second-order valence-corrected chi connectivity index (χ2v) is 7.90. The van der Waals surface area contributed by atoms with Crippen molar-refractivity contribution in [2.75, 3.05) is 11.4 Å². The molecule has 1 saturated carbocycles. The lowest BCUT2D eigenvalue weighted by atomic mass is 9.96. The minimum Gasteiger partial charge on any atom is -0.476 e. The minimum atomic E-state index is -0.776. The summed E-state index contributed by atoms with van der Waals surface area (Å²) in [5.41, 5.74) is 2.42. The standard InChI is InChI=1S/C23H27N3O3/c1-16-12-13-25(22(14-16)24-18-8-4-3-5-9-18)23(28)21-15-26(17(2)27)19-10-6-7-11-20(19)29-21/h6-7,10-14,18,21H,3-5,8-9,15H2,1-2H3. The van der Waals surface area contributed by atoms with Crippen LogP contribution in [0.4, 0.5) is 5.69 Å². The van der Waals surface area contributed by atoms with Crippen LogP contribution in [0.25, 0.3) is 0 Å². The topological polar surface area (TPSA) is 63.9 Å².